The Kier molecular flexibility index (Phi) is 10.1. The van der Waals surface area contributed by atoms with E-state index in [1.807, 2.05) is 6.07 Å². The van der Waals surface area contributed by atoms with Crippen molar-refractivity contribution in [1.82, 2.24) is 4.90 Å². The quantitative estimate of drug-likeness (QED) is 0.773. The van der Waals surface area contributed by atoms with E-state index in [2.05, 4.69) is 59.5 Å². The Balaban J connectivity index is 0.00000156. The second-order valence-electron chi connectivity index (χ2n) is 6.78. The summed E-state index contributed by atoms with van der Waals surface area (Å²) in [6.07, 6.45) is 4.91. The molecule has 0 amide bonds. The van der Waals surface area contributed by atoms with Gasteiger partial charge < -0.3 is 10.6 Å². The molecule has 0 aliphatic carbocycles. The van der Waals surface area contributed by atoms with Crippen molar-refractivity contribution in [3.8, 4) is 0 Å². The molecule has 0 spiro atoms. The van der Waals surface area contributed by atoms with Crippen LogP contribution in [0, 0.1) is 5.92 Å². The SMILES string of the molecule is Cl.Cl.NC(CCN1CCC(Cc2ccccc2)CC1)c1ccccc1. The van der Waals surface area contributed by atoms with Gasteiger partial charge in [0.15, 0.2) is 0 Å². The first-order valence-electron chi connectivity index (χ1n) is 8.88. The van der Waals surface area contributed by atoms with E-state index < -0.39 is 0 Å². The Labute approximate surface area is 164 Å². The average Bonchev–Trinajstić information content (AvgIpc) is 2.62. The van der Waals surface area contributed by atoms with Gasteiger partial charge in [0.05, 0.1) is 0 Å². The molecule has 1 fully saturated rings. The number of hydrogen-bond donors (Lipinski definition) is 1. The van der Waals surface area contributed by atoms with Crippen LogP contribution in [0.5, 0.6) is 0 Å². The summed E-state index contributed by atoms with van der Waals surface area (Å²) >= 11 is 0. The van der Waals surface area contributed by atoms with E-state index in [-0.39, 0.29) is 30.9 Å². The Hall–Kier alpha value is -1.06. The molecule has 1 saturated heterocycles. The third kappa shape index (κ3) is 6.99. The number of rotatable bonds is 6. The number of halogens is 2. The van der Waals surface area contributed by atoms with E-state index in [0.29, 0.717) is 0 Å². The van der Waals surface area contributed by atoms with E-state index >= 15 is 0 Å². The fraction of sp³-hybridized carbons (Fsp3) is 0.429. The topological polar surface area (TPSA) is 29.3 Å². The molecule has 0 bridgehead atoms. The zero-order valence-electron chi connectivity index (χ0n) is 14.7. The Bertz CT molecular complexity index is 569. The monoisotopic (exact) mass is 380 g/mol. The summed E-state index contributed by atoms with van der Waals surface area (Å²) in [5.41, 5.74) is 9.05. The van der Waals surface area contributed by atoms with Gasteiger partial charge in [-0.1, -0.05) is 60.7 Å². The van der Waals surface area contributed by atoms with Gasteiger partial charge in [-0.25, -0.2) is 0 Å². The molecule has 2 aromatic rings. The van der Waals surface area contributed by atoms with Crippen molar-refractivity contribution in [2.24, 2.45) is 11.7 Å². The van der Waals surface area contributed by atoms with E-state index in [4.69, 9.17) is 5.73 Å². The standard InChI is InChI=1S/C21H28N2.2ClH/c22-21(20-9-5-2-6-10-20)13-16-23-14-11-19(12-15-23)17-18-7-3-1-4-8-18;;/h1-10,19,21H,11-17,22H2;2*1H. The molecule has 138 valence electrons. The largest absolute Gasteiger partial charge is 0.324 e. The zero-order chi connectivity index (χ0) is 15.9. The Morgan fingerprint density at radius 1 is 0.880 bits per heavy atom. The molecule has 2 nitrogen and oxygen atoms in total. The van der Waals surface area contributed by atoms with E-state index in [0.717, 1.165) is 18.9 Å². The summed E-state index contributed by atoms with van der Waals surface area (Å²) in [5, 5.41) is 0. The number of benzene rings is 2. The molecular formula is C21H30Cl2N2. The lowest BCUT2D eigenvalue weighted by atomic mass is 9.90. The second kappa shape index (κ2) is 11.5. The summed E-state index contributed by atoms with van der Waals surface area (Å²) in [6, 6.07) is 21.5. The molecule has 1 aliphatic rings. The van der Waals surface area contributed by atoms with Gasteiger partial charge in [-0.05, 0) is 62.4 Å². The molecular weight excluding hydrogens is 351 g/mol. The van der Waals surface area contributed by atoms with E-state index in [1.165, 1.54) is 43.5 Å². The summed E-state index contributed by atoms with van der Waals surface area (Å²) < 4.78 is 0. The van der Waals surface area contributed by atoms with Gasteiger partial charge >= 0.3 is 0 Å². The van der Waals surface area contributed by atoms with Gasteiger partial charge in [-0.15, -0.1) is 24.8 Å². The highest BCUT2D eigenvalue weighted by molar-refractivity contribution is 5.85. The zero-order valence-corrected chi connectivity index (χ0v) is 16.4. The lowest BCUT2D eigenvalue weighted by molar-refractivity contribution is 0.179. The van der Waals surface area contributed by atoms with Crippen LogP contribution in [0.25, 0.3) is 0 Å². The van der Waals surface area contributed by atoms with Crippen LogP contribution in [0.2, 0.25) is 0 Å². The molecule has 1 heterocycles. The van der Waals surface area contributed by atoms with Crippen LogP contribution in [-0.4, -0.2) is 24.5 Å². The molecule has 0 saturated carbocycles. The lowest BCUT2D eigenvalue weighted by Crippen LogP contribution is -2.36. The van der Waals surface area contributed by atoms with Gasteiger partial charge in [-0.2, -0.15) is 0 Å². The van der Waals surface area contributed by atoms with Gasteiger partial charge in [-0.3, -0.25) is 0 Å². The summed E-state index contributed by atoms with van der Waals surface area (Å²) in [6.45, 7) is 3.56. The number of hydrogen-bond acceptors (Lipinski definition) is 2. The summed E-state index contributed by atoms with van der Waals surface area (Å²) in [5.74, 6) is 0.844. The van der Waals surface area contributed by atoms with Crippen molar-refractivity contribution in [2.75, 3.05) is 19.6 Å². The normalized spacial score (nSPS) is 16.5. The highest BCUT2D eigenvalue weighted by Gasteiger charge is 2.19. The summed E-state index contributed by atoms with van der Waals surface area (Å²) in [7, 11) is 0. The van der Waals surface area contributed by atoms with Gasteiger partial charge in [0.1, 0.15) is 0 Å². The number of likely N-dealkylation sites (tertiary alicyclic amines) is 1. The van der Waals surface area contributed by atoms with Crippen LogP contribution in [0.1, 0.15) is 36.4 Å². The third-order valence-corrected chi connectivity index (χ3v) is 5.06. The molecule has 1 unspecified atom stereocenters. The smallest absolute Gasteiger partial charge is 0.0307 e. The van der Waals surface area contributed by atoms with Crippen molar-refractivity contribution < 1.29 is 0 Å². The van der Waals surface area contributed by atoms with Crippen molar-refractivity contribution in [1.29, 1.82) is 0 Å². The first kappa shape index (κ1) is 22.0. The minimum atomic E-state index is 0. The van der Waals surface area contributed by atoms with Crippen LogP contribution in [0.4, 0.5) is 0 Å². The third-order valence-electron chi connectivity index (χ3n) is 5.06. The Morgan fingerprint density at radius 3 is 2.04 bits per heavy atom. The highest BCUT2D eigenvalue weighted by Crippen LogP contribution is 2.22. The molecule has 3 rings (SSSR count). The van der Waals surface area contributed by atoms with Crippen molar-refractivity contribution in [3.05, 3.63) is 71.8 Å². The van der Waals surface area contributed by atoms with E-state index in [1.54, 1.807) is 0 Å². The number of nitrogens with two attached hydrogens (primary N) is 1. The van der Waals surface area contributed by atoms with Crippen LogP contribution >= 0.6 is 24.8 Å². The molecule has 1 atom stereocenters. The molecule has 0 radical (unpaired) electrons. The predicted molar refractivity (Wildman–Crippen MR) is 112 cm³/mol. The molecule has 4 heteroatoms. The van der Waals surface area contributed by atoms with Gasteiger partial charge in [0, 0.05) is 6.04 Å². The molecule has 2 N–H and O–H groups in total. The van der Waals surface area contributed by atoms with Crippen molar-refractivity contribution in [2.45, 2.75) is 31.7 Å². The number of piperidine rings is 1. The van der Waals surface area contributed by atoms with Gasteiger partial charge in [0.25, 0.3) is 0 Å². The maximum Gasteiger partial charge on any atom is 0.0307 e. The first-order chi connectivity index (χ1) is 11.3. The van der Waals surface area contributed by atoms with Crippen LogP contribution in [0.3, 0.4) is 0 Å². The fourth-order valence-electron chi connectivity index (χ4n) is 3.55. The molecule has 0 aromatic heterocycles. The fourth-order valence-corrected chi connectivity index (χ4v) is 3.55. The lowest BCUT2D eigenvalue weighted by Gasteiger charge is -2.32. The average molecular weight is 381 g/mol. The molecule has 25 heavy (non-hydrogen) atoms. The van der Waals surface area contributed by atoms with Crippen molar-refractivity contribution in [3.63, 3.8) is 0 Å². The van der Waals surface area contributed by atoms with Crippen LogP contribution in [0.15, 0.2) is 60.7 Å². The molecule has 2 aromatic carbocycles. The van der Waals surface area contributed by atoms with Gasteiger partial charge in [0.2, 0.25) is 0 Å². The minimum absolute atomic E-state index is 0. The maximum absolute atomic E-state index is 6.31. The predicted octanol–water partition coefficient (Wildman–Crippen LogP) is 4.87. The van der Waals surface area contributed by atoms with Crippen LogP contribution in [-0.2, 0) is 6.42 Å². The van der Waals surface area contributed by atoms with Crippen LogP contribution < -0.4 is 5.73 Å². The van der Waals surface area contributed by atoms with E-state index in [9.17, 15) is 0 Å². The molecule has 1 aliphatic heterocycles. The highest BCUT2D eigenvalue weighted by atomic mass is 35.5. The van der Waals surface area contributed by atoms with Crippen molar-refractivity contribution >= 4 is 24.8 Å². The Morgan fingerprint density at radius 2 is 1.44 bits per heavy atom. The second-order valence-corrected chi connectivity index (χ2v) is 6.78. The number of nitrogens with zero attached hydrogens (tertiary/aromatic N) is 1. The first-order valence-corrected chi connectivity index (χ1v) is 8.88. The minimum Gasteiger partial charge on any atom is -0.324 e. The maximum atomic E-state index is 6.31. The summed E-state index contributed by atoms with van der Waals surface area (Å²) in [4.78, 5) is 2.59.